The largest absolute Gasteiger partial charge is 0.495 e. The first kappa shape index (κ1) is 23.5. The minimum Gasteiger partial charge on any atom is -0.495 e. The van der Waals surface area contributed by atoms with Crippen molar-refractivity contribution in [3.63, 3.8) is 0 Å². The van der Waals surface area contributed by atoms with Crippen LogP contribution in [0.25, 0.3) is 0 Å². The number of ether oxygens (including phenoxy) is 3. The third-order valence-corrected chi connectivity index (χ3v) is 7.55. The molecule has 31 heavy (non-hydrogen) atoms. The maximum atomic E-state index is 13.0. The summed E-state index contributed by atoms with van der Waals surface area (Å²) in [4.78, 5) is 24.4. The van der Waals surface area contributed by atoms with Crippen LogP contribution in [0.3, 0.4) is 0 Å². The van der Waals surface area contributed by atoms with Gasteiger partial charge in [-0.2, -0.15) is 4.31 Å². The second-order valence-electron chi connectivity index (χ2n) is 7.77. The van der Waals surface area contributed by atoms with Crippen molar-refractivity contribution in [3.8, 4) is 5.75 Å². The molecule has 1 aromatic rings. The van der Waals surface area contributed by atoms with Crippen molar-refractivity contribution < 1.29 is 32.2 Å². The number of sulfonamides is 1. The topological polar surface area (TPSA) is 111 Å². The lowest BCUT2D eigenvalue weighted by Gasteiger charge is -2.26. The Kier molecular flexibility index (Phi) is 8.28. The van der Waals surface area contributed by atoms with E-state index in [0.29, 0.717) is 25.7 Å². The summed E-state index contributed by atoms with van der Waals surface area (Å²) in [6.45, 7) is 1.23. The van der Waals surface area contributed by atoms with Crippen molar-refractivity contribution in [2.45, 2.75) is 37.0 Å². The smallest absolute Gasteiger partial charge is 0.338 e. The molecule has 0 bridgehead atoms. The number of carbonyl (C=O) groups excluding carboxylic acids is 2. The van der Waals surface area contributed by atoms with Gasteiger partial charge in [0.05, 0.1) is 25.9 Å². The molecule has 1 heterocycles. The maximum absolute atomic E-state index is 13.0. The molecule has 172 valence electrons. The standard InChI is InChI=1S/C21H30N2O7S/c1-28-18-8-7-17(13-19(18)31(26,27)23-9-11-29-12-10-23)21(25)30-15-20(24)22-14-16-5-3-2-4-6-16/h7-8,13,16H,2-6,9-12,14-15H2,1H3,(H,22,24). The van der Waals surface area contributed by atoms with E-state index in [1.807, 2.05) is 0 Å². The van der Waals surface area contributed by atoms with E-state index in [2.05, 4.69) is 5.32 Å². The van der Waals surface area contributed by atoms with Crippen molar-refractivity contribution in [2.24, 2.45) is 5.92 Å². The average molecular weight is 455 g/mol. The maximum Gasteiger partial charge on any atom is 0.338 e. The van der Waals surface area contributed by atoms with E-state index in [-0.39, 0.29) is 35.2 Å². The molecule has 1 saturated heterocycles. The lowest BCUT2D eigenvalue weighted by atomic mass is 9.89. The highest BCUT2D eigenvalue weighted by Gasteiger charge is 2.30. The number of esters is 1. The highest BCUT2D eigenvalue weighted by Crippen LogP contribution is 2.28. The van der Waals surface area contributed by atoms with E-state index in [0.717, 1.165) is 12.8 Å². The van der Waals surface area contributed by atoms with E-state index in [9.17, 15) is 18.0 Å². The molecule has 1 N–H and O–H groups in total. The number of benzene rings is 1. The molecule has 0 radical (unpaired) electrons. The molecule has 1 aliphatic carbocycles. The Morgan fingerprint density at radius 3 is 2.55 bits per heavy atom. The van der Waals surface area contributed by atoms with Crippen LogP contribution < -0.4 is 10.1 Å². The van der Waals surface area contributed by atoms with Crippen molar-refractivity contribution in [1.82, 2.24) is 9.62 Å². The average Bonchev–Trinajstić information content (AvgIpc) is 2.82. The fourth-order valence-corrected chi connectivity index (χ4v) is 5.44. The number of carbonyl (C=O) groups is 2. The molecule has 1 aliphatic heterocycles. The molecule has 9 nitrogen and oxygen atoms in total. The number of methoxy groups -OCH3 is 1. The third-order valence-electron chi connectivity index (χ3n) is 5.63. The van der Waals surface area contributed by atoms with Gasteiger partial charge in [-0.15, -0.1) is 0 Å². The van der Waals surface area contributed by atoms with Crippen LogP contribution in [-0.2, 0) is 24.3 Å². The molecule has 1 amide bonds. The first-order valence-corrected chi connectivity index (χ1v) is 12.1. The van der Waals surface area contributed by atoms with Gasteiger partial charge in [0.15, 0.2) is 6.61 Å². The quantitative estimate of drug-likeness (QED) is 0.594. The van der Waals surface area contributed by atoms with E-state index in [1.54, 1.807) is 0 Å². The van der Waals surface area contributed by atoms with E-state index in [4.69, 9.17) is 14.2 Å². The van der Waals surface area contributed by atoms with E-state index in [1.165, 1.54) is 48.9 Å². The third kappa shape index (κ3) is 6.18. The zero-order chi connectivity index (χ0) is 22.3. The normalized spacial score (nSPS) is 18.4. The lowest BCUT2D eigenvalue weighted by Crippen LogP contribution is -2.40. The Labute approximate surface area is 183 Å². The van der Waals surface area contributed by atoms with Crippen molar-refractivity contribution in [2.75, 3.05) is 46.6 Å². The molecule has 0 atom stereocenters. The first-order valence-electron chi connectivity index (χ1n) is 10.6. The number of morpholine rings is 1. The Morgan fingerprint density at radius 1 is 1.16 bits per heavy atom. The minimum atomic E-state index is -3.87. The Bertz CT molecular complexity index is 876. The van der Waals surface area contributed by atoms with Crippen LogP contribution in [0.5, 0.6) is 5.75 Å². The summed E-state index contributed by atoms with van der Waals surface area (Å²) in [5, 5.41) is 2.81. The number of amides is 1. The molecule has 1 aromatic carbocycles. The van der Waals surface area contributed by atoms with Crippen LogP contribution in [0.2, 0.25) is 0 Å². The fraction of sp³-hybridized carbons (Fsp3) is 0.619. The van der Waals surface area contributed by atoms with Crippen LogP contribution in [0.1, 0.15) is 42.5 Å². The monoisotopic (exact) mass is 454 g/mol. The van der Waals surface area contributed by atoms with Crippen LogP contribution in [-0.4, -0.2) is 71.2 Å². The second kappa shape index (κ2) is 10.9. The summed E-state index contributed by atoms with van der Waals surface area (Å²) >= 11 is 0. The predicted octanol–water partition coefficient (Wildman–Crippen LogP) is 1.57. The van der Waals surface area contributed by atoms with Crippen LogP contribution >= 0.6 is 0 Å². The van der Waals surface area contributed by atoms with Gasteiger partial charge >= 0.3 is 5.97 Å². The summed E-state index contributed by atoms with van der Waals surface area (Å²) in [5.41, 5.74) is 0.0349. The SMILES string of the molecule is COc1ccc(C(=O)OCC(=O)NCC2CCCCC2)cc1S(=O)(=O)N1CCOCC1. The molecular weight excluding hydrogens is 424 g/mol. The minimum absolute atomic E-state index is 0.0349. The molecule has 1 saturated carbocycles. The summed E-state index contributed by atoms with van der Waals surface area (Å²) in [5.74, 6) is -0.529. The molecule has 10 heteroatoms. The number of hydrogen-bond acceptors (Lipinski definition) is 7. The molecule has 3 rings (SSSR count). The Hall–Kier alpha value is -2.17. The molecule has 0 spiro atoms. The highest BCUT2D eigenvalue weighted by atomic mass is 32.2. The zero-order valence-corrected chi connectivity index (χ0v) is 18.6. The van der Waals surface area contributed by atoms with Gasteiger partial charge < -0.3 is 19.5 Å². The van der Waals surface area contributed by atoms with Crippen molar-refractivity contribution in [3.05, 3.63) is 23.8 Å². The van der Waals surface area contributed by atoms with Gasteiger partial charge in [0.2, 0.25) is 10.0 Å². The highest BCUT2D eigenvalue weighted by molar-refractivity contribution is 7.89. The van der Waals surface area contributed by atoms with Gasteiger partial charge in [-0.05, 0) is 37.0 Å². The second-order valence-corrected chi connectivity index (χ2v) is 9.67. The van der Waals surface area contributed by atoms with Gasteiger partial charge in [0.25, 0.3) is 5.91 Å². The molecule has 0 aromatic heterocycles. The van der Waals surface area contributed by atoms with Gasteiger partial charge in [0, 0.05) is 19.6 Å². The molecular formula is C21H30N2O7S. The van der Waals surface area contributed by atoms with Crippen LogP contribution in [0, 0.1) is 5.92 Å². The van der Waals surface area contributed by atoms with Crippen molar-refractivity contribution >= 4 is 21.9 Å². The number of nitrogens with zero attached hydrogens (tertiary/aromatic N) is 1. The van der Waals surface area contributed by atoms with Crippen LogP contribution in [0.15, 0.2) is 23.1 Å². The number of hydrogen-bond donors (Lipinski definition) is 1. The van der Waals surface area contributed by atoms with E-state index < -0.39 is 22.6 Å². The van der Waals surface area contributed by atoms with Crippen molar-refractivity contribution in [1.29, 1.82) is 0 Å². The summed E-state index contributed by atoms with van der Waals surface area (Å²) in [6.07, 6.45) is 5.82. The van der Waals surface area contributed by atoms with Gasteiger partial charge in [-0.25, -0.2) is 13.2 Å². The zero-order valence-electron chi connectivity index (χ0n) is 17.8. The van der Waals surface area contributed by atoms with E-state index >= 15 is 0 Å². The molecule has 0 unspecified atom stereocenters. The van der Waals surface area contributed by atoms with Gasteiger partial charge in [0.1, 0.15) is 10.6 Å². The molecule has 2 aliphatic rings. The van der Waals surface area contributed by atoms with Gasteiger partial charge in [-0.1, -0.05) is 19.3 Å². The number of rotatable bonds is 8. The Balaban J connectivity index is 1.61. The lowest BCUT2D eigenvalue weighted by molar-refractivity contribution is -0.124. The van der Waals surface area contributed by atoms with Gasteiger partial charge in [-0.3, -0.25) is 4.79 Å². The summed E-state index contributed by atoms with van der Waals surface area (Å²) in [7, 11) is -2.51. The Morgan fingerprint density at radius 2 is 1.87 bits per heavy atom. The first-order chi connectivity index (χ1) is 14.9. The summed E-state index contributed by atoms with van der Waals surface area (Å²) in [6, 6.07) is 4.05. The number of nitrogens with one attached hydrogen (secondary N) is 1. The summed E-state index contributed by atoms with van der Waals surface area (Å²) < 4.78 is 42.8. The molecule has 2 fully saturated rings. The fourth-order valence-electron chi connectivity index (χ4n) is 3.85. The predicted molar refractivity (Wildman–Crippen MR) is 112 cm³/mol. The van der Waals surface area contributed by atoms with Crippen LogP contribution in [0.4, 0.5) is 0 Å².